The minimum atomic E-state index is -0.635. The molecule has 0 saturated heterocycles. The first kappa shape index (κ1) is 24.5. The molecule has 1 atom stereocenters. The molecule has 0 spiro atoms. The lowest BCUT2D eigenvalue weighted by Crippen LogP contribution is -2.35. The second-order valence-electron chi connectivity index (χ2n) is 7.96. The second kappa shape index (κ2) is 10.5. The Morgan fingerprint density at radius 3 is 2.47 bits per heavy atom. The van der Waals surface area contributed by atoms with Crippen molar-refractivity contribution in [2.45, 2.75) is 38.8 Å². The summed E-state index contributed by atoms with van der Waals surface area (Å²) < 4.78 is 15.3. The van der Waals surface area contributed by atoms with Crippen molar-refractivity contribution < 1.29 is 23.8 Å². The monoisotopic (exact) mass is 442 g/mol. The Balaban J connectivity index is 2.41. The molecule has 0 aliphatic carbocycles. The van der Waals surface area contributed by atoms with E-state index in [-0.39, 0.29) is 0 Å². The van der Waals surface area contributed by atoms with Gasteiger partial charge in [0.25, 0.3) is 0 Å². The molecule has 2 aromatic rings. The summed E-state index contributed by atoms with van der Waals surface area (Å²) >= 11 is 0. The molecular weight excluding hydrogens is 412 g/mol. The Bertz CT molecular complexity index is 985. The van der Waals surface area contributed by atoms with Gasteiger partial charge in [-0.3, -0.25) is 5.32 Å². The number of ether oxygens (including phenoxy) is 3. The number of aromatic nitrogens is 1. The van der Waals surface area contributed by atoms with Gasteiger partial charge in [0.05, 0.1) is 26.0 Å². The van der Waals surface area contributed by atoms with Gasteiger partial charge in [0, 0.05) is 23.0 Å². The van der Waals surface area contributed by atoms with Crippen LogP contribution in [0.5, 0.6) is 5.88 Å². The van der Waals surface area contributed by atoms with Gasteiger partial charge < -0.3 is 25.3 Å². The van der Waals surface area contributed by atoms with Crippen molar-refractivity contribution in [2.75, 3.05) is 25.3 Å². The van der Waals surface area contributed by atoms with E-state index in [9.17, 15) is 9.59 Å². The summed E-state index contributed by atoms with van der Waals surface area (Å²) in [6, 6.07) is 8.16. The number of amides is 2. The van der Waals surface area contributed by atoms with Gasteiger partial charge in [0.15, 0.2) is 0 Å². The van der Waals surface area contributed by atoms with Gasteiger partial charge in [0.2, 0.25) is 5.88 Å². The van der Waals surface area contributed by atoms with Crippen molar-refractivity contribution in [2.24, 2.45) is 0 Å². The van der Waals surface area contributed by atoms with E-state index in [0.717, 1.165) is 5.56 Å². The van der Waals surface area contributed by atoms with Crippen molar-refractivity contribution in [3.63, 3.8) is 0 Å². The Hall–Kier alpha value is -3.75. The highest BCUT2D eigenvalue weighted by Crippen LogP contribution is 2.32. The second-order valence-corrected chi connectivity index (χ2v) is 7.96. The third kappa shape index (κ3) is 6.90. The van der Waals surface area contributed by atoms with Gasteiger partial charge >= 0.3 is 12.2 Å². The molecule has 0 bridgehead atoms. The molecule has 0 aliphatic heterocycles. The summed E-state index contributed by atoms with van der Waals surface area (Å²) in [6.07, 6.45) is 0.958. The molecular formula is C23H30N4O5. The number of pyridine rings is 1. The van der Waals surface area contributed by atoms with Crippen LogP contribution in [0.1, 0.15) is 38.9 Å². The molecule has 1 aromatic carbocycles. The molecule has 1 aromatic heterocycles. The third-order valence-electron chi connectivity index (χ3n) is 4.28. The van der Waals surface area contributed by atoms with Crippen LogP contribution in [0.3, 0.4) is 0 Å². The van der Waals surface area contributed by atoms with Crippen LogP contribution < -0.4 is 21.1 Å². The molecule has 0 radical (unpaired) electrons. The lowest BCUT2D eigenvalue weighted by molar-refractivity contribution is 0.0502. The fraction of sp³-hybridized carbons (Fsp3) is 0.348. The van der Waals surface area contributed by atoms with E-state index in [1.165, 1.54) is 14.2 Å². The van der Waals surface area contributed by atoms with Crippen molar-refractivity contribution >= 4 is 23.6 Å². The van der Waals surface area contributed by atoms with E-state index in [4.69, 9.17) is 15.2 Å². The summed E-state index contributed by atoms with van der Waals surface area (Å²) in [7, 11) is 2.79. The number of nitrogen functional groups attached to an aromatic ring is 1. The highest BCUT2D eigenvalue weighted by atomic mass is 16.6. The molecule has 2 amide bonds. The standard InChI is InChI=1S/C23H30N4O5/c1-7-8-18(27-22(29)32-23(2,3)4)19-11-14(12-20(26-19)30-5)16-10-9-15(13-17(16)24)25-21(28)31-6/h7,9-13,18H,1,8,24H2,2-6H3,(H,25,28)(H,27,29)/t18-/m0/s1. The number of nitrogens with one attached hydrogen (secondary N) is 2. The van der Waals surface area contributed by atoms with Crippen LogP contribution in [0.15, 0.2) is 43.0 Å². The van der Waals surface area contributed by atoms with E-state index >= 15 is 0 Å². The van der Waals surface area contributed by atoms with Gasteiger partial charge in [0.1, 0.15) is 5.60 Å². The topological polar surface area (TPSA) is 125 Å². The van der Waals surface area contributed by atoms with E-state index in [2.05, 4.69) is 26.9 Å². The maximum Gasteiger partial charge on any atom is 0.411 e. The predicted molar refractivity (Wildman–Crippen MR) is 124 cm³/mol. The van der Waals surface area contributed by atoms with Gasteiger partial charge in [-0.05, 0) is 51.0 Å². The lowest BCUT2D eigenvalue weighted by atomic mass is 10.0. The lowest BCUT2D eigenvalue weighted by Gasteiger charge is -2.23. The van der Waals surface area contributed by atoms with E-state index < -0.39 is 23.8 Å². The van der Waals surface area contributed by atoms with Gasteiger partial charge in [-0.1, -0.05) is 12.1 Å². The van der Waals surface area contributed by atoms with Gasteiger partial charge in [-0.25, -0.2) is 14.6 Å². The van der Waals surface area contributed by atoms with Crippen LogP contribution in [-0.2, 0) is 9.47 Å². The van der Waals surface area contributed by atoms with Crippen LogP contribution in [0.2, 0.25) is 0 Å². The number of anilines is 2. The van der Waals surface area contributed by atoms with E-state index in [1.54, 1.807) is 51.1 Å². The van der Waals surface area contributed by atoms with Gasteiger partial charge in [-0.15, -0.1) is 6.58 Å². The molecule has 1 heterocycles. The molecule has 0 fully saturated rings. The maximum absolute atomic E-state index is 12.3. The molecule has 9 heteroatoms. The number of rotatable bonds is 7. The molecule has 4 N–H and O–H groups in total. The number of hydrogen-bond donors (Lipinski definition) is 3. The minimum Gasteiger partial charge on any atom is -0.481 e. The average molecular weight is 443 g/mol. The molecule has 0 aliphatic rings. The van der Waals surface area contributed by atoms with Crippen LogP contribution in [-0.4, -0.2) is 37.0 Å². The molecule has 2 rings (SSSR count). The Morgan fingerprint density at radius 1 is 1.19 bits per heavy atom. The zero-order valence-corrected chi connectivity index (χ0v) is 19.0. The van der Waals surface area contributed by atoms with Crippen LogP contribution in [0.4, 0.5) is 21.0 Å². The van der Waals surface area contributed by atoms with Gasteiger partial charge in [-0.2, -0.15) is 0 Å². The first-order valence-electron chi connectivity index (χ1n) is 9.97. The number of alkyl carbamates (subject to hydrolysis) is 1. The molecule has 172 valence electrons. The summed E-state index contributed by atoms with van der Waals surface area (Å²) in [4.78, 5) is 28.3. The fourth-order valence-electron chi connectivity index (χ4n) is 2.91. The number of carbonyl (C=O) groups excluding carboxylic acids is 2. The summed E-state index contributed by atoms with van der Waals surface area (Å²) in [5.41, 5.74) is 8.52. The Labute approximate surface area is 188 Å². The average Bonchev–Trinajstić information content (AvgIpc) is 2.71. The van der Waals surface area contributed by atoms with Crippen molar-refractivity contribution in [1.82, 2.24) is 10.3 Å². The SMILES string of the molecule is C=CC[C@H](NC(=O)OC(C)(C)C)c1cc(-c2ccc(NC(=O)OC)cc2N)cc(OC)n1. The number of hydrogen-bond acceptors (Lipinski definition) is 7. The summed E-state index contributed by atoms with van der Waals surface area (Å²) in [6.45, 7) is 9.14. The molecule has 32 heavy (non-hydrogen) atoms. The predicted octanol–water partition coefficient (Wildman–Crippen LogP) is 4.66. The normalized spacial score (nSPS) is 11.8. The summed E-state index contributed by atoms with van der Waals surface area (Å²) in [5, 5.41) is 5.40. The quantitative estimate of drug-likeness (QED) is 0.421. The highest BCUT2D eigenvalue weighted by Gasteiger charge is 2.22. The summed E-state index contributed by atoms with van der Waals surface area (Å²) in [5.74, 6) is 0.355. The van der Waals surface area contributed by atoms with Crippen LogP contribution >= 0.6 is 0 Å². The molecule has 9 nitrogen and oxygen atoms in total. The van der Waals surface area contributed by atoms with Crippen molar-refractivity contribution in [3.05, 3.63) is 48.7 Å². The Kier molecular flexibility index (Phi) is 8.06. The fourth-order valence-corrected chi connectivity index (χ4v) is 2.91. The molecule has 0 saturated carbocycles. The number of nitrogens with zero attached hydrogens (tertiary/aromatic N) is 1. The Morgan fingerprint density at radius 2 is 1.91 bits per heavy atom. The smallest absolute Gasteiger partial charge is 0.411 e. The first-order chi connectivity index (χ1) is 15.1. The number of benzene rings is 1. The van der Waals surface area contributed by atoms with Crippen molar-refractivity contribution in [3.8, 4) is 17.0 Å². The van der Waals surface area contributed by atoms with E-state index in [1.807, 2.05) is 6.07 Å². The largest absolute Gasteiger partial charge is 0.481 e. The highest BCUT2D eigenvalue weighted by molar-refractivity contribution is 5.88. The zero-order valence-electron chi connectivity index (χ0n) is 19.0. The first-order valence-corrected chi connectivity index (χ1v) is 9.97. The maximum atomic E-state index is 12.3. The van der Waals surface area contributed by atoms with E-state index in [0.29, 0.717) is 34.9 Å². The van der Waals surface area contributed by atoms with Crippen LogP contribution in [0, 0.1) is 0 Å². The number of methoxy groups -OCH3 is 2. The third-order valence-corrected chi connectivity index (χ3v) is 4.28. The van der Waals surface area contributed by atoms with Crippen LogP contribution in [0.25, 0.3) is 11.1 Å². The number of nitrogens with two attached hydrogens (primary N) is 1. The zero-order chi connectivity index (χ0) is 23.9. The van der Waals surface area contributed by atoms with Crippen molar-refractivity contribution in [1.29, 1.82) is 0 Å². The minimum absolute atomic E-state index is 0.355. The number of carbonyl (C=O) groups is 2. The molecule has 0 unspecified atom stereocenters.